The summed E-state index contributed by atoms with van der Waals surface area (Å²) in [4.78, 5) is 29.5. The van der Waals surface area contributed by atoms with Gasteiger partial charge in [0.2, 0.25) is 5.91 Å². The number of fused-ring (bicyclic) bond motifs is 1. The van der Waals surface area contributed by atoms with Gasteiger partial charge < -0.3 is 9.84 Å². The van der Waals surface area contributed by atoms with Gasteiger partial charge in [-0.1, -0.05) is 12.1 Å². The van der Waals surface area contributed by atoms with Crippen LogP contribution < -0.4 is 0 Å². The van der Waals surface area contributed by atoms with Crippen LogP contribution in [-0.4, -0.2) is 72.1 Å². The van der Waals surface area contributed by atoms with Crippen LogP contribution in [0.2, 0.25) is 0 Å². The van der Waals surface area contributed by atoms with E-state index in [1.807, 2.05) is 6.07 Å². The molecule has 0 bridgehead atoms. The Bertz CT molecular complexity index is 801. The average molecular weight is 462 g/mol. The van der Waals surface area contributed by atoms with E-state index in [1.165, 1.54) is 6.07 Å². The van der Waals surface area contributed by atoms with Gasteiger partial charge in [0.1, 0.15) is 5.82 Å². The van der Waals surface area contributed by atoms with Crippen LogP contribution in [0.5, 0.6) is 0 Å². The molecular weight excluding hydrogens is 436 g/mol. The molecular formula is C21H26F4N2O5. The number of halogens is 4. The Hall–Kier alpha value is -2.24. The summed E-state index contributed by atoms with van der Waals surface area (Å²) in [5.41, 5.74) is 0.973. The van der Waals surface area contributed by atoms with Gasteiger partial charge in [0.05, 0.1) is 19.3 Å². The van der Waals surface area contributed by atoms with E-state index in [4.69, 9.17) is 19.5 Å². The molecule has 0 aromatic heterocycles. The van der Waals surface area contributed by atoms with Crippen molar-refractivity contribution >= 4 is 11.9 Å². The minimum absolute atomic E-state index is 0.0350. The maximum atomic E-state index is 13.4. The molecule has 1 N–H and O–H groups in total. The second-order valence-electron chi connectivity index (χ2n) is 8.05. The number of carboxylic acids is 1. The number of carboxylic acid groups (broad SMARTS) is 1. The summed E-state index contributed by atoms with van der Waals surface area (Å²) < 4.78 is 51.1. The lowest BCUT2D eigenvalue weighted by atomic mass is 9.78. The van der Waals surface area contributed by atoms with Crippen LogP contribution in [0.3, 0.4) is 0 Å². The molecule has 3 atom stereocenters. The van der Waals surface area contributed by atoms with Crippen molar-refractivity contribution in [2.24, 2.45) is 11.8 Å². The molecule has 0 unspecified atom stereocenters. The number of aliphatic carboxylic acids is 1. The summed E-state index contributed by atoms with van der Waals surface area (Å²) in [6.45, 7) is 4.41. The first-order chi connectivity index (χ1) is 15.1. The number of benzene rings is 1. The highest BCUT2D eigenvalue weighted by Crippen LogP contribution is 2.35. The van der Waals surface area contributed by atoms with Gasteiger partial charge in [-0.2, -0.15) is 13.2 Å². The summed E-state index contributed by atoms with van der Waals surface area (Å²) in [5, 5.41) is 8.68. The summed E-state index contributed by atoms with van der Waals surface area (Å²) in [6.07, 6.45) is -2.35. The third kappa shape index (κ3) is 6.39. The molecule has 4 rings (SSSR count). The van der Waals surface area contributed by atoms with Gasteiger partial charge in [-0.15, -0.1) is 0 Å². The minimum Gasteiger partial charge on any atom is -0.475 e. The monoisotopic (exact) mass is 462 g/mol. The maximum Gasteiger partial charge on any atom is 0.490 e. The molecule has 3 aliphatic heterocycles. The van der Waals surface area contributed by atoms with Crippen molar-refractivity contribution in [1.29, 1.82) is 0 Å². The summed E-state index contributed by atoms with van der Waals surface area (Å²) in [7, 11) is 0. The Morgan fingerprint density at radius 2 is 1.91 bits per heavy atom. The molecule has 3 heterocycles. The predicted molar refractivity (Wildman–Crippen MR) is 104 cm³/mol. The van der Waals surface area contributed by atoms with Crippen molar-refractivity contribution < 1.29 is 41.8 Å². The molecule has 0 spiro atoms. The second kappa shape index (κ2) is 10.6. The fourth-order valence-corrected chi connectivity index (χ4v) is 4.33. The molecule has 1 aromatic rings. The van der Waals surface area contributed by atoms with E-state index >= 15 is 0 Å². The van der Waals surface area contributed by atoms with Gasteiger partial charge in [-0.25, -0.2) is 14.2 Å². The van der Waals surface area contributed by atoms with Gasteiger partial charge in [0.15, 0.2) is 0 Å². The van der Waals surface area contributed by atoms with Crippen LogP contribution >= 0.6 is 0 Å². The van der Waals surface area contributed by atoms with E-state index in [2.05, 4.69) is 4.90 Å². The van der Waals surface area contributed by atoms with Crippen LogP contribution in [0.1, 0.15) is 24.8 Å². The lowest BCUT2D eigenvalue weighted by Gasteiger charge is -2.45. The van der Waals surface area contributed by atoms with E-state index in [-0.39, 0.29) is 29.7 Å². The van der Waals surface area contributed by atoms with Gasteiger partial charge in [-0.05, 0) is 37.0 Å². The molecule has 32 heavy (non-hydrogen) atoms. The first kappa shape index (κ1) is 24.4. The number of nitrogens with zero attached hydrogens (tertiary/aromatic N) is 2. The number of amides is 1. The Labute approximate surface area is 182 Å². The number of likely N-dealkylation sites (tertiary alicyclic amines) is 1. The number of ether oxygens (including phenoxy) is 1. The number of alkyl halides is 3. The number of carbonyl (C=O) groups excluding carboxylic acids is 1. The summed E-state index contributed by atoms with van der Waals surface area (Å²) >= 11 is 0. The van der Waals surface area contributed by atoms with E-state index in [9.17, 15) is 22.4 Å². The predicted octanol–water partition coefficient (Wildman–Crippen LogP) is 2.85. The highest BCUT2D eigenvalue weighted by Gasteiger charge is 2.43. The van der Waals surface area contributed by atoms with E-state index < -0.39 is 12.1 Å². The Morgan fingerprint density at radius 1 is 1.16 bits per heavy atom. The van der Waals surface area contributed by atoms with Crippen molar-refractivity contribution in [2.75, 3.05) is 32.8 Å². The molecule has 1 aromatic carbocycles. The normalized spacial score (nSPS) is 26.1. The van der Waals surface area contributed by atoms with E-state index in [0.29, 0.717) is 26.3 Å². The zero-order chi connectivity index (χ0) is 23.3. The number of rotatable bonds is 3. The largest absolute Gasteiger partial charge is 0.490 e. The first-order valence-corrected chi connectivity index (χ1v) is 10.5. The van der Waals surface area contributed by atoms with Crippen molar-refractivity contribution in [3.05, 3.63) is 35.6 Å². The SMILES string of the molecule is O=C(O)C(F)(F)F.O=C([C@@H]1CCO[C@@H]2CCN(Cc3cccc(F)c3)C[C@H]21)N1CCCO1. The van der Waals surface area contributed by atoms with Gasteiger partial charge in [0.25, 0.3) is 0 Å². The van der Waals surface area contributed by atoms with Gasteiger partial charge >= 0.3 is 12.1 Å². The molecule has 0 aliphatic carbocycles. The molecule has 1 amide bonds. The molecule has 3 fully saturated rings. The van der Waals surface area contributed by atoms with E-state index in [1.54, 1.807) is 17.2 Å². The number of carbonyl (C=O) groups is 2. The summed E-state index contributed by atoms with van der Waals surface area (Å²) in [5.74, 6) is -2.69. The van der Waals surface area contributed by atoms with Crippen molar-refractivity contribution in [3.8, 4) is 0 Å². The fourth-order valence-electron chi connectivity index (χ4n) is 4.33. The summed E-state index contributed by atoms with van der Waals surface area (Å²) in [6, 6.07) is 6.76. The average Bonchev–Trinajstić information content (AvgIpc) is 3.27. The van der Waals surface area contributed by atoms with Crippen LogP contribution in [-0.2, 0) is 25.7 Å². The van der Waals surface area contributed by atoms with Crippen LogP contribution in [0.4, 0.5) is 17.6 Å². The Morgan fingerprint density at radius 3 is 2.53 bits per heavy atom. The minimum atomic E-state index is -5.08. The van der Waals surface area contributed by atoms with E-state index in [0.717, 1.165) is 37.9 Å². The van der Waals surface area contributed by atoms with Crippen LogP contribution in [0.15, 0.2) is 24.3 Å². The van der Waals surface area contributed by atoms with Crippen LogP contribution in [0.25, 0.3) is 0 Å². The van der Waals surface area contributed by atoms with Crippen molar-refractivity contribution in [2.45, 2.75) is 38.1 Å². The third-order valence-electron chi connectivity index (χ3n) is 5.81. The molecule has 7 nitrogen and oxygen atoms in total. The standard InChI is InChI=1S/C19H25FN2O3.C2HF3O2/c20-15-4-1-3-14(11-15)12-21-8-5-18-17(13-21)16(6-10-24-18)19(23)22-7-2-9-25-22;3-2(4,5)1(6)7/h1,3-4,11,16-18H,2,5-10,12-13H2;(H,6,7)/t16-,17+,18-;/m1./s1. The van der Waals surface area contributed by atoms with Crippen LogP contribution in [0, 0.1) is 17.7 Å². The number of hydrogen-bond donors (Lipinski definition) is 1. The third-order valence-corrected chi connectivity index (χ3v) is 5.81. The smallest absolute Gasteiger partial charge is 0.475 e. The number of hydroxylamine groups is 2. The second-order valence-corrected chi connectivity index (χ2v) is 8.05. The number of piperidine rings is 1. The zero-order valence-corrected chi connectivity index (χ0v) is 17.4. The first-order valence-electron chi connectivity index (χ1n) is 10.5. The van der Waals surface area contributed by atoms with Crippen molar-refractivity contribution in [1.82, 2.24) is 9.96 Å². The molecule has 3 saturated heterocycles. The molecule has 178 valence electrons. The van der Waals surface area contributed by atoms with Gasteiger partial charge in [0, 0.05) is 38.1 Å². The quantitative estimate of drug-likeness (QED) is 0.696. The highest BCUT2D eigenvalue weighted by atomic mass is 19.4. The molecule has 0 radical (unpaired) electrons. The van der Waals surface area contributed by atoms with Gasteiger partial charge in [-0.3, -0.25) is 14.5 Å². The van der Waals surface area contributed by atoms with Crippen molar-refractivity contribution in [3.63, 3.8) is 0 Å². The maximum absolute atomic E-state index is 13.4. The molecule has 3 aliphatic rings. The Kier molecular flexibility index (Phi) is 8.07. The topological polar surface area (TPSA) is 79.3 Å². The zero-order valence-electron chi connectivity index (χ0n) is 17.4. The molecule has 0 saturated carbocycles. The Balaban J connectivity index is 0.000000360. The molecule has 11 heteroatoms. The fraction of sp³-hybridized carbons (Fsp3) is 0.619. The lowest BCUT2D eigenvalue weighted by molar-refractivity contribution is -0.192. The number of hydrogen-bond acceptors (Lipinski definition) is 5. The lowest BCUT2D eigenvalue weighted by Crippen LogP contribution is -2.53. The highest BCUT2D eigenvalue weighted by molar-refractivity contribution is 5.78.